The molecule has 1 aliphatic heterocycles. The van der Waals surface area contributed by atoms with E-state index in [2.05, 4.69) is 10.4 Å². The number of rotatable bonds is 6. The van der Waals surface area contributed by atoms with Crippen molar-refractivity contribution in [3.05, 3.63) is 95.6 Å². The quantitative estimate of drug-likeness (QED) is 0.576. The van der Waals surface area contributed by atoms with Crippen LogP contribution in [0.25, 0.3) is 6.08 Å². The predicted molar refractivity (Wildman–Crippen MR) is 127 cm³/mol. The number of hydrogen-bond donors (Lipinski definition) is 1. The van der Waals surface area contributed by atoms with E-state index in [1.165, 1.54) is 5.01 Å². The number of amides is 2. The van der Waals surface area contributed by atoms with Gasteiger partial charge in [-0.15, -0.1) is 0 Å². The minimum Gasteiger partial charge on any atom is -0.483 e. The molecule has 1 heterocycles. The van der Waals surface area contributed by atoms with Crippen molar-refractivity contribution in [2.45, 2.75) is 13.8 Å². The summed E-state index contributed by atoms with van der Waals surface area (Å²) < 4.78 is 5.76. The second kappa shape index (κ2) is 9.31. The fourth-order valence-electron chi connectivity index (χ4n) is 3.37. The van der Waals surface area contributed by atoms with Gasteiger partial charge in [-0.1, -0.05) is 48.5 Å². The number of ether oxygens (including phenoxy) is 1. The van der Waals surface area contributed by atoms with Crippen LogP contribution in [0.15, 0.2) is 89.5 Å². The molecule has 0 aliphatic carbocycles. The maximum atomic E-state index is 13.1. The van der Waals surface area contributed by atoms with E-state index in [1.54, 1.807) is 19.1 Å². The Morgan fingerprint density at radius 2 is 1.75 bits per heavy atom. The zero-order valence-corrected chi connectivity index (χ0v) is 17.9. The molecule has 0 spiro atoms. The van der Waals surface area contributed by atoms with Gasteiger partial charge in [0.25, 0.3) is 11.8 Å². The van der Waals surface area contributed by atoms with Crippen LogP contribution in [0.3, 0.4) is 0 Å². The van der Waals surface area contributed by atoms with E-state index in [9.17, 15) is 9.59 Å². The third-order valence-electron chi connectivity index (χ3n) is 4.94. The lowest BCUT2D eigenvalue weighted by atomic mass is 10.1. The van der Waals surface area contributed by atoms with Crippen molar-refractivity contribution < 1.29 is 14.3 Å². The van der Waals surface area contributed by atoms with Gasteiger partial charge in [0.2, 0.25) is 0 Å². The third kappa shape index (κ3) is 4.75. The Morgan fingerprint density at radius 1 is 1.00 bits per heavy atom. The molecule has 0 saturated heterocycles. The number of hydrogen-bond acceptors (Lipinski definition) is 4. The highest BCUT2D eigenvalue weighted by Gasteiger charge is 2.29. The van der Waals surface area contributed by atoms with Crippen LogP contribution in [0.2, 0.25) is 0 Å². The first kappa shape index (κ1) is 21.1. The summed E-state index contributed by atoms with van der Waals surface area (Å²) in [6, 6.07) is 24.1. The van der Waals surface area contributed by atoms with Crippen LogP contribution in [-0.2, 0) is 9.59 Å². The maximum absolute atomic E-state index is 13.1. The minimum absolute atomic E-state index is 0.147. The molecule has 0 aromatic heterocycles. The molecule has 1 N–H and O–H groups in total. The zero-order valence-electron chi connectivity index (χ0n) is 17.9. The molecule has 0 unspecified atom stereocenters. The summed E-state index contributed by atoms with van der Waals surface area (Å²) in [6.45, 7) is 3.63. The number of benzene rings is 3. The van der Waals surface area contributed by atoms with Gasteiger partial charge in [0.1, 0.15) is 5.75 Å². The molecule has 6 nitrogen and oxygen atoms in total. The lowest BCUT2D eigenvalue weighted by Gasteiger charge is -2.12. The first-order valence-electron chi connectivity index (χ1n) is 10.3. The van der Waals surface area contributed by atoms with Gasteiger partial charge in [0.15, 0.2) is 6.61 Å². The molecule has 3 aromatic carbocycles. The third-order valence-corrected chi connectivity index (χ3v) is 4.94. The average molecular weight is 425 g/mol. The Labute approximate surface area is 186 Å². The van der Waals surface area contributed by atoms with Gasteiger partial charge in [0.05, 0.1) is 17.0 Å². The van der Waals surface area contributed by atoms with Crippen LogP contribution in [0, 0.1) is 6.92 Å². The number of nitrogens with one attached hydrogen (secondary N) is 1. The Kier molecular flexibility index (Phi) is 6.12. The van der Waals surface area contributed by atoms with Gasteiger partial charge in [-0.05, 0) is 55.8 Å². The van der Waals surface area contributed by atoms with Crippen LogP contribution in [0.4, 0.5) is 11.4 Å². The second-order valence-corrected chi connectivity index (χ2v) is 7.44. The summed E-state index contributed by atoms with van der Waals surface area (Å²) in [4.78, 5) is 25.3. The normalized spacial score (nSPS) is 14.4. The molecule has 0 bridgehead atoms. The number of carbonyl (C=O) groups excluding carboxylic acids is 2. The van der Waals surface area contributed by atoms with E-state index in [4.69, 9.17) is 4.74 Å². The summed E-state index contributed by atoms with van der Waals surface area (Å²) in [7, 11) is 0. The van der Waals surface area contributed by atoms with Crippen LogP contribution < -0.4 is 15.1 Å². The van der Waals surface area contributed by atoms with E-state index < -0.39 is 0 Å². The Hall–Kier alpha value is -4.19. The summed E-state index contributed by atoms with van der Waals surface area (Å²) in [5.74, 6) is 0.0431. The number of aryl methyl sites for hydroxylation is 1. The van der Waals surface area contributed by atoms with Crippen LogP contribution in [0.1, 0.15) is 18.1 Å². The molecule has 0 fully saturated rings. The van der Waals surface area contributed by atoms with Gasteiger partial charge in [-0.3, -0.25) is 9.59 Å². The number of para-hydroxylation sites is 2. The van der Waals surface area contributed by atoms with Crippen molar-refractivity contribution in [1.29, 1.82) is 0 Å². The molecule has 6 heteroatoms. The Balaban J connectivity index is 1.50. The molecule has 32 heavy (non-hydrogen) atoms. The summed E-state index contributed by atoms with van der Waals surface area (Å²) in [5, 5.41) is 8.63. The van der Waals surface area contributed by atoms with Crippen molar-refractivity contribution in [3.8, 4) is 5.75 Å². The van der Waals surface area contributed by atoms with Gasteiger partial charge in [-0.2, -0.15) is 10.1 Å². The van der Waals surface area contributed by atoms with Crippen LogP contribution >= 0.6 is 0 Å². The molecule has 3 aromatic rings. The van der Waals surface area contributed by atoms with E-state index >= 15 is 0 Å². The monoisotopic (exact) mass is 425 g/mol. The lowest BCUT2D eigenvalue weighted by molar-refractivity contribution is -0.118. The molecule has 160 valence electrons. The van der Waals surface area contributed by atoms with Gasteiger partial charge in [0, 0.05) is 11.3 Å². The molecule has 4 rings (SSSR count). The van der Waals surface area contributed by atoms with Crippen molar-refractivity contribution in [2.75, 3.05) is 16.9 Å². The highest BCUT2D eigenvalue weighted by molar-refractivity contribution is 6.32. The molecular formula is C26H23N3O3. The Morgan fingerprint density at radius 3 is 2.53 bits per heavy atom. The minimum atomic E-state index is -0.265. The van der Waals surface area contributed by atoms with Crippen molar-refractivity contribution in [2.24, 2.45) is 5.10 Å². The van der Waals surface area contributed by atoms with Gasteiger partial charge < -0.3 is 10.1 Å². The molecule has 0 saturated carbocycles. The number of anilines is 2. The molecular weight excluding hydrogens is 402 g/mol. The highest BCUT2D eigenvalue weighted by Crippen LogP contribution is 2.28. The number of hydrazone groups is 1. The summed E-state index contributed by atoms with van der Waals surface area (Å²) >= 11 is 0. The van der Waals surface area contributed by atoms with Crippen molar-refractivity contribution in [1.82, 2.24) is 0 Å². The summed E-state index contributed by atoms with van der Waals surface area (Å²) in [6.07, 6.45) is 1.75. The highest BCUT2D eigenvalue weighted by atomic mass is 16.5. The predicted octanol–water partition coefficient (Wildman–Crippen LogP) is 4.82. The van der Waals surface area contributed by atoms with Crippen LogP contribution in [0.5, 0.6) is 5.75 Å². The molecule has 0 atom stereocenters. The molecule has 1 aliphatic rings. The molecule has 0 radical (unpaired) electrons. The van der Waals surface area contributed by atoms with Gasteiger partial charge >= 0.3 is 0 Å². The first-order valence-corrected chi connectivity index (χ1v) is 10.3. The zero-order chi connectivity index (χ0) is 22.5. The number of nitrogens with zero attached hydrogens (tertiary/aromatic N) is 2. The maximum Gasteiger partial charge on any atom is 0.280 e. The van der Waals surface area contributed by atoms with E-state index in [1.807, 2.05) is 79.7 Å². The lowest BCUT2D eigenvalue weighted by Crippen LogP contribution is -2.21. The fourth-order valence-corrected chi connectivity index (χ4v) is 3.37. The van der Waals surface area contributed by atoms with E-state index in [-0.39, 0.29) is 18.4 Å². The smallest absolute Gasteiger partial charge is 0.280 e. The first-order chi connectivity index (χ1) is 15.5. The number of carbonyl (C=O) groups is 2. The van der Waals surface area contributed by atoms with Crippen molar-refractivity contribution >= 4 is 35.0 Å². The largest absolute Gasteiger partial charge is 0.483 e. The summed E-state index contributed by atoms with van der Waals surface area (Å²) in [5.41, 5.74) is 4.28. The van der Waals surface area contributed by atoms with Crippen molar-refractivity contribution in [3.63, 3.8) is 0 Å². The molecule has 2 amide bonds. The SMILES string of the molecule is CC1=NN(c2cccc(C)c2)C(=O)/C1=C/c1ccccc1OCC(=O)Nc1ccccc1. The van der Waals surface area contributed by atoms with Crippen LogP contribution in [-0.4, -0.2) is 24.1 Å². The fraction of sp³-hybridized carbons (Fsp3) is 0.115. The average Bonchev–Trinajstić information content (AvgIpc) is 3.07. The standard InChI is InChI=1S/C26H23N3O3/c1-18-9-8-13-22(15-18)29-26(31)23(19(2)28-29)16-20-10-6-7-14-24(20)32-17-25(30)27-21-11-4-3-5-12-21/h3-16H,17H2,1-2H3,(H,27,30)/b23-16+. The Bertz CT molecular complexity index is 1220. The second-order valence-electron chi connectivity index (χ2n) is 7.44. The van der Waals surface area contributed by atoms with E-state index in [0.29, 0.717) is 28.3 Å². The topological polar surface area (TPSA) is 71.0 Å². The van der Waals surface area contributed by atoms with Gasteiger partial charge in [-0.25, -0.2) is 0 Å². The van der Waals surface area contributed by atoms with E-state index in [0.717, 1.165) is 11.3 Å².